The summed E-state index contributed by atoms with van der Waals surface area (Å²) in [5, 5.41) is 6.72. The third kappa shape index (κ3) is 7.25. The molecule has 0 aromatic rings. The molecule has 0 aliphatic rings. The smallest absolute Gasteiger partial charge is 0.306 e. The highest BCUT2D eigenvalue weighted by atomic mass is 16.5. The molecule has 0 rings (SSSR count). The Morgan fingerprint density at radius 3 is 2.50 bits per heavy atom. The summed E-state index contributed by atoms with van der Waals surface area (Å²) in [6.45, 7) is 6.48. The van der Waals surface area contributed by atoms with Gasteiger partial charge in [-0.15, -0.1) is 0 Å². The molecule has 0 heterocycles. The molecule has 0 unspecified atom stereocenters. The normalized spacial score (nSPS) is 10.9. The van der Waals surface area contributed by atoms with Crippen molar-refractivity contribution >= 4 is 12.2 Å². The number of rotatable bonds is 4. The van der Waals surface area contributed by atoms with Crippen LogP contribution in [0.3, 0.4) is 0 Å². The van der Waals surface area contributed by atoms with E-state index < -0.39 is 0 Å². The van der Waals surface area contributed by atoms with Gasteiger partial charge in [-0.3, -0.25) is 4.79 Å². The molecular formula is C9H17NO2. The van der Waals surface area contributed by atoms with Crippen molar-refractivity contribution in [2.24, 2.45) is 5.41 Å². The number of carbonyl (C=O) groups is 1. The fourth-order valence-corrected chi connectivity index (χ4v) is 0.559. The topological polar surface area (TPSA) is 50.2 Å². The lowest BCUT2D eigenvalue weighted by molar-refractivity contribution is -0.146. The van der Waals surface area contributed by atoms with E-state index >= 15 is 0 Å². The van der Waals surface area contributed by atoms with Crippen molar-refractivity contribution in [1.82, 2.24) is 0 Å². The lowest BCUT2D eigenvalue weighted by atomic mass is 9.99. The second-order valence-electron chi connectivity index (χ2n) is 3.96. The average molecular weight is 171 g/mol. The number of nitrogens with one attached hydrogen (secondary N) is 1. The van der Waals surface area contributed by atoms with Gasteiger partial charge in [0.1, 0.15) is 0 Å². The fraction of sp³-hybridized carbons (Fsp3) is 0.778. The van der Waals surface area contributed by atoms with Crippen LogP contribution in [0.25, 0.3) is 0 Å². The predicted molar refractivity (Wildman–Crippen MR) is 48.4 cm³/mol. The molecular weight excluding hydrogens is 154 g/mol. The molecule has 0 saturated heterocycles. The summed E-state index contributed by atoms with van der Waals surface area (Å²) < 4.78 is 4.97. The van der Waals surface area contributed by atoms with Crippen LogP contribution in [-0.2, 0) is 9.53 Å². The molecule has 1 N–H and O–H groups in total. The van der Waals surface area contributed by atoms with Gasteiger partial charge in [-0.25, -0.2) is 0 Å². The second-order valence-corrected chi connectivity index (χ2v) is 3.96. The molecule has 0 fully saturated rings. The first-order valence-corrected chi connectivity index (χ1v) is 4.10. The highest BCUT2D eigenvalue weighted by Crippen LogP contribution is 2.13. The lowest BCUT2D eigenvalue weighted by Crippen LogP contribution is -2.18. The van der Waals surface area contributed by atoms with Crippen molar-refractivity contribution in [2.75, 3.05) is 6.61 Å². The molecule has 0 aromatic carbocycles. The van der Waals surface area contributed by atoms with Crippen molar-refractivity contribution in [3.05, 3.63) is 0 Å². The first-order chi connectivity index (χ1) is 5.45. The van der Waals surface area contributed by atoms with Crippen LogP contribution in [0.15, 0.2) is 0 Å². The van der Waals surface area contributed by atoms with E-state index in [-0.39, 0.29) is 11.4 Å². The van der Waals surface area contributed by atoms with Crippen molar-refractivity contribution in [3.63, 3.8) is 0 Å². The third-order valence-corrected chi connectivity index (χ3v) is 1.16. The van der Waals surface area contributed by atoms with E-state index in [1.165, 1.54) is 6.21 Å². The van der Waals surface area contributed by atoms with Gasteiger partial charge in [0, 0.05) is 0 Å². The standard InChI is InChI=1S/C9H17NO2/c1-9(2,3)7-12-8(11)5-4-6-10/h6,10H,4-5,7H2,1-3H3. The van der Waals surface area contributed by atoms with E-state index in [1.807, 2.05) is 20.8 Å². The molecule has 0 bridgehead atoms. The van der Waals surface area contributed by atoms with E-state index in [1.54, 1.807) is 0 Å². The van der Waals surface area contributed by atoms with E-state index in [0.29, 0.717) is 19.4 Å². The summed E-state index contributed by atoms with van der Waals surface area (Å²) >= 11 is 0. The Labute approximate surface area is 73.6 Å². The molecule has 0 atom stereocenters. The maximum Gasteiger partial charge on any atom is 0.306 e. The Morgan fingerprint density at radius 2 is 2.08 bits per heavy atom. The van der Waals surface area contributed by atoms with Gasteiger partial charge < -0.3 is 10.1 Å². The Bertz CT molecular complexity index is 158. The van der Waals surface area contributed by atoms with Crippen LogP contribution in [0.5, 0.6) is 0 Å². The molecule has 0 saturated carbocycles. The summed E-state index contributed by atoms with van der Waals surface area (Å²) in [6.07, 6.45) is 2.01. The first kappa shape index (κ1) is 11.1. The summed E-state index contributed by atoms with van der Waals surface area (Å²) in [5.41, 5.74) is 0.0281. The minimum atomic E-state index is -0.214. The van der Waals surface area contributed by atoms with E-state index in [9.17, 15) is 4.79 Å². The Balaban J connectivity index is 3.51. The van der Waals surface area contributed by atoms with Gasteiger partial charge in [0.05, 0.1) is 13.0 Å². The molecule has 0 aromatic heterocycles. The molecule has 0 aliphatic heterocycles. The number of hydrogen-bond acceptors (Lipinski definition) is 3. The van der Waals surface area contributed by atoms with Crippen LogP contribution in [0.2, 0.25) is 0 Å². The molecule has 70 valence electrons. The zero-order chi connectivity index (χ0) is 9.61. The number of carbonyl (C=O) groups excluding carboxylic acids is 1. The molecule has 3 heteroatoms. The Morgan fingerprint density at radius 1 is 1.50 bits per heavy atom. The van der Waals surface area contributed by atoms with E-state index in [4.69, 9.17) is 10.1 Å². The Kier molecular flexibility index (Phi) is 4.55. The third-order valence-electron chi connectivity index (χ3n) is 1.16. The van der Waals surface area contributed by atoms with E-state index in [0.717, 1.165) is 0 Å². The van der Waals surface area contributed by atoms with Crippen molar-refractivity contribution in [3.8, 4) is 0 Å². The molecule has 0 spiro atoms. The number of esters is 1. The monoisotopic (exact) mass is 171 g/mol. The van der Waals surface area contributed by atoms with Gasteiger partial charge in [-0.2, -0.15) is 0 Å². The zero-order valence-electron chi connectivity index (χ0n) is 8.02. The van der Waals surface area contributed by atoms with Crippen molar-refractivity contribution in [2.45, 2.75) is 33.6 Å². The van der Waals surface area contributed by atoms with Gasteiger partial charge in [-0.05, 0) is 18.1 Å². The number of ether oxygens (including phenoxy) is 1. The summed E-state index contributed by atoms with van der Waals surface area (Å²) in [4.78, 5) is 10.9. The largest absolute Gasteiger partial charge is 0.465 e. The zero-order valence-corrected chi connectivity index (χ0v) is 8.02. The minimum Gasteiger partial charge on any atom is -0.465 e. The van der Waals surface area contributed by atoms with Crippen LogP contribution in [-0.4, -0.2) is 18.8 Å². The van der Waals surface area contributed by atoms with Crippen LogP contribution in [0.1, 0.15) is 33.6 Å². The molecule has 0 amide bonds. The SMILES string of the molecule is CC(C)(C)COC(=O)CCC=N. The van der Waals surface area contributed by atoms with Crippen molar-refractivity contribution in [1.29, 1.82) is 5.41 Å². The van der Waals surface area contributed by atoms with Gasteiger partial charge in [0.15, 0.2) is 0 Å². The first-order valence-electron chi connectivity index (χ1n) is 4.10. The second kappa shape index (κ2) is 4.91. The van der Waals surface area contributed by atoms with Crippen LogP contribution < -0.4 is 0 Å². The van der Waals surface area contributed by atoms with Gasteiger partial charge in [0.2, 0.25) is 0 Å². The van der Waals surface area contributed by atoms with E-state index in [2.05, 4.69) is 0 Å². The fourth-order valence-electron chi connectivity index (χ4n) is 0.559. The molecule has 0 radical (unpaired) electrons. The highest BCUT2D eigenvalue weighted by Gasteiger charge is 2.12. The maximum absolute atomic E-state index is 10.9. The summed E-state index contributed by atoms with van der Waals surface area (Å²) in [6, 6.07) is 0. The minimum absolute atomic E-state index is 0.0281. The highest BCUT2D eigenvalue weighted by molar-refractivity contribution is 5.72. The Hall–Kier alpha value is -0.860. The predicted octanol–water partition coefficient (Wildman–Crippen LogP) is 2.01. The van der Waals surface area contributed by atoms with Crippen LogP contribution in [0, 0.1) is 10.8 Å². The summed E-state index contributed by atoms with van der Waals surface area (Å²) in [5.74, 6) is -0.214. The molecule has 3 nitrogen and oxygen atoms in total. The van der Waals surface area contributed by atoms with Crippen LogP contribution >= 0.6 is 0 Å². The van der Waals surface area contributed by atoms with Gasteiger partial charge in [-0.1, -0.05) is 20.8 Å². The average Bonchev–Trinajstić information content (AvgIpc) is 1.95. The van der Waals surface area contributed by atoms with Crippen LogP contribution in [0.4, 0.5) is 0 Å². The lowest BCUT2D eigenvalue weighted by Gasteiger charge is -2.17. The quantitative estimate of drug-likeness (QED) is 0.519. The van der Waals surface area contributed by atoms with Gasteiger partial charge >= 0.3 is 5.97 Å². The molecule has 12 heavy (non-hydrogen) atoms. The summed E-state index contributed by atoms with van der Waals surface area (Å²) in [7, 11) is 0. The van der Waals surface area contributed by atoms with Gasteiger partial charge in [0.25, 0.3) is 0 Å². The molecule has 0 aliphatic carbocycles. The number of hydrogen-bond donors (Lipinski definition) is 1. The maximum atomic E-state index is 10.9. The van der Waals surface area contributed by atoms with Crippen molar-refractivity contribution < 1.29 is 9.53 Å².